The molecule has 206 valence electrons. The zero-order chi connectivity index (χ0) is 29.2. The van der Waals surface area contributed by atoms with Crippen molar-refractivity contribution in [3.05, 3.63) is 138 Å². The van der Waals surface area contributed by atoms with E-state index in [0.717, 1.165) is 54.6 Å². The fourth-order valence-corrected chi connectivity index (χ4v) is 6.44. The highest BCUT2D eigenvalue weighted by atomic mass is 35.5. The molecule has 9 rings (SSSR count). The molecule has 9 aromatic rings. The van der Waals surface area contributed by atoms with Gasteiger partial charge < -0.3 is 4.42 Å². The number of aromatic nitrogens is 3. The van der Waals surface area contributed by atoms with E-state index in [-0.39, 0.29) is 0 Å². The van der Waals surface area contributed by atoms with Crippen LogP contribution in [0.1, 0.15) is 0 Å². The van der Waals surface area contributed by atoms with Crippen LogP contribution in [0.15, 0.2) is 138 Å². The average Bonchev–Trinajstić information content (AvgIpc) is 3.47. The molecule has 0 amide bonds. The van der Waals surface area contributed by atoms with Crippen molar-refractivity contribution in [2.75, 3.05) is 0 Å². The summed E-state index contributed by atoms with van der Waals surface area (Å²) in [5.74, 6) is 1.80. The number of halogens is 1. The van der Waals surface area contributed by atoms with Gasteiger partial charge in [0.05, 0.1) is 5.02 Å². The first-order valence-electron chi connectivity index (χ1n) is 14.5. The molecule has 0 radical (unpaired) electrons. The minimum Gasteiger partial charge on any atom is -0.454 e. The molecule has 0 N–H and O–H groups in total. The van der Waals surface area contributed by atoms with Crippen LogP contribution in [0, 0.1) is 0 Å². The van der Waals surface area contributed by atoms with Crippen LogP contribution in [0.2, 0.25) is 5.02 Å². The third kappa shape index (κ3) is 3.96. The molecule has 0 saturated heterocycles. The van der Waals surface area contributed by atoms with Gasteiger partial charge >= 0.3 is 0 Å². The third-order valence-electron chi connectivity index (χ3n) is 8.35. The quantitative estimate of drug-likeness (QED) is 0.207. The minimum atomic E-state index is 0.580. The predicted molar refractivity (Wildman–Crippen MR) is 181 cm³/mol. The van der Waals surface area contributed by atoms with E-state index in [9.17, 15) is 0 Å². The minimum absolute atomic E-state index is 0.580. The van der Waals surface area contributed by atoms with Crippen LogP contribution < -0.4 is 0 Å². The Morgan fingerprint density at radius 1 is 0.455 bits per heavy atom. The number of fused-ring (bicyclic) bond motifs is 7. The van der Waals surface area contributed by atoms with Crippen LogP contribution in [-0.2, 0) is 0 Å². The molecule has 7 aromatic carbocycles. The van der Waals surface area contributed by atoms with Gasteiger partial charge in [-0.05, 0) is 56.6 Å². The van der Waals surface area contributed by atoms with Crippen molar-refractivity contribution in [2.45, 2.75) is 0 Å². The molecule has 2 heterocycles. The Hall–Kier alpha value is -5.58. The topological polar surface area (TPSA) is 51.8 Å². The highest BCUT2D eigenvalue weighted by Gasteiger charge is 2.19. The summed E-state index contributed by atoms with van der Waals surface area (Å²) in [5.41, 5.74) is 4.14. The van der Waals surface area contributed by atoms with Gasteiger partial charge in [0.25, 0.3) is 0 Å². The molecule has 2 aromatic heterocycles. The lowest BCUT2D eigenvalue weighted by molar-refractivity contribution is 0.669. The van der Waals surface area contributed by atoms with Gasteiger partial charge in [-0.2, -0.15) is 0 Å². The Labute approximate surface area is 257 Å². The summed E-state index contributed by atoms with van der Waals surface area (Å²) in [6, 6.07) is 45.5. The average molecular weight is 584 g/mol. The summed E-state index contributed by atoms with van der Waals surface area (Å²) in [6.45, 7) is 0. The fourth-order valence-electron chi connectivity index (χ4n) is 6.22. The lowest BCUT2D eigenvalue weighted by Crippen LogP contribution is -2.00. The van der Waals surface area contributed by atoms with Crippen LogP contribution in [0.25, 0.3) is 88.4 Å². The Kier molecular flexibility index (Phi) is 5.52. The summed E-state index contributed by atoms with van der Waals surface area (Å²) in [7, 11) is 0. The summed E-state index contributed by atoms with van der Waals surface area (Å²) >= 11 is 6.57. The van der Waals surface area contributed by atoms with Crippen molar-refractivity contribution in [2.24, 2.45) is 0 Å². The lowest BCUT2D eigenvalue weighted by atomic mass is 9.98. The maximum absolute atomic E-state index is 6.57. The SMILES string of the molecule is Clc1cccc2c1oc1cc(-c3nc(-c4ccc5ccccc5c4)nc(-c4ccc5ccccc5c4)n3)c3ccccc3c12. The van der Waals surface area contributed by atoms with Gasteiger partial charge in [0.15, 0.2) is 23.1 Å². The normalized spacial score (nSPS) is 11.8. The molecule has 0 aliphatic carbocycles. The molecule has 0 fully saturated rings. The fraction of sp³-hybridized carbons (Fsp3) is 0. The number of hydrogen-bond donors (Lipinski definition) is 0. The summed E-state index contributed by atoms with van der Waals surface area (Å²) in [4.78, 5) is 15.3. The van der Waals surface area contributed by atoms with Crippen LogP contribution in [0.3, 0.4) is 0 Å². The van der Waals surface area contributed by atoms with Crippen molar-refractivity contribution < 1.29 is 4.42 Å². The third-order valence-corrected chi connectivity index (χ3v) is 8.65. The summed E-state index contributed by atoms with van der Waals surface area (Å²) in [6.07, 6.45) is 0. The standard InChI is InChI=1S/C39H22ClN3O/c40-33-15-7-14-31-35-30-13-6-5-12-29(30)32(22-34(35)44-36(31)33)39-42-37(27-18-16-23-8-1-3-10-25(23)20-27)41-38(43-39)28-19-17-24-9-2-4-11-26(24)21-28/h1-22H. The van der Waals surface area contributed by atoms with Crippen molar-refractivity contribution in [3.63, 3.8) is 0 Å². The van der Waals surface area contributed by atoms with Crippen LogP contribution in [0.5, 0.6) is 0 Å². The summed E-state index contributed by atoms with van der Waals surface area (Å²) < 4.78 is 6.38. The Balaban J connectivity index is 1.34. The van der Waals surface area contributed by atoms with Gasteiger partial charge in [-0.1, -0.05) is 121 Å². The smallest absolute Gasteiger partial charge is 0.164 e. The molecular weight excluding hydrogens is 562 g/mol. The number of furan rings is 1. The van der Waals surface area contributed by atoms with Crippen molar-refractivity contribution in [3.8, 4) is 34.2 Å². The largest absolute Gasteiger partial charge is 0.454 e. The molecule has 0 aliphatic rings. The molecule has 0 unspecified atom stereocenters. The van der Waals surface area contributed by atoms with Crippen molar-refractivity contribution in [1.82, 2.24) is 15.0 Å². The van der Waals surface area contributed by atoms with Gasteiger partial charge in [-0.3, -0.25) is 0 Å². The Morgan fingerprint density at radius 3 is 1.66 bits per heavy atom. The second-order valence-corrected chi connectivity index (χ2v) is 11.4. The summed E-state index contributed by atoms with van der Waals surface area (Å²) in [5, 5.41) is 9.28. The zero-order valence-electron chi connectivity index (χ0n) is 23.3. The van der Waals surface area contributed by atoms with Gasteiger partial charge in [-0.15, -0.1) is 0 Å². The Bertz CT molecular complexity index is 2490. The second-order valence-electron chi connectivity index (χ2n) is 11.0. The highest BCUT2D eigenvalue weighted by Crippen LogP contribution is 2.41. The first-order chi connectivity index (χ1) is 21.7. The predicted octanol–water partition coefficient (Wildman–Crippen LogP) is 10.9. The maximum atomic E-state index is 6.57. The van der Waals surface area contributed by atoms with Crippen molar-refractivity contribution >= 4 is 65.9 Å². The highest BCUT2D eigenvalue weighted by molar-refractivity contribution is 6.36. The monoisotopic (exact) mass is 583 g/mol. The van der Waals surface area contributed by atoms with Gasteiger partial charge in [-0.25, -0.2) is 15.0 Å². The van der Waals surface area contributed by atoms with E-state index in [1.165, 1.54) is 10.8 Å². The molecule has 44 heavy (non-hydrogen) atoms. The first-order valence-corrected chi connectivity index (χ1v) is 14.8. The molecule has 0 bridgehead atoms. The second kappa shape index (κ2) is 9.73. The maximum Gasteiger partial charge on any atom is 0.164 e. The van der Waals surface area contributed by atoms with Gasteiger partial charge in [0, 0.05) is 27.5 Å². The Morgan fingerprint density at radius 2 is 1.00 bits per heavy atom. The van der Waals surface area contributed by atoms with E-state index in [2.05, 4.69) is 78.9 Å². The molecule has 5 heteroatoms. The number of nitrogens with zero attached hydrogens (tertiary/aromatic N) is 3. The molecule has 0 spiro atoms. The molecule has 0 saturated carbocycles. The van der Waals surface area contributed by atoms with E-state index in [1.54, 1.807) is 0 Å². The van der Waals surface area contributed by atoms with Crippen LogP contribution in [-0.4, -0.2) is 15.0 Å². The molecule has 0 aliphatic heterocycles. The van der Waals surface area contributed by atoms with E-state index in [0.29, 0.717) is 28.1 Å². The number of rotatable bonds is 3. The number of benzene rings is 7. The van der Waals surface area contributed by atoms with Gasteiger partial charge in [0.2, 0.25) is 0 Å². The van der Waals surface area contributed by atoms with E-state index in [4.69, 9.17) is 31.0 Å². The molecule has 4 nitrogen and oxygen atoms in total. The van der Waals surface area contributed by atoms with Gasteiger partial charge in [0.1, 0.15) is 5.58 Å². The van der Waals surface area contributed by atoms with Crippen LogP contribution >= 0.6 is 11.6 Å². The first kappa shape index (κ1) is 25.0. The number of hydrogen-bond acceptors (Lipinski definition) is 4. The van der Waals surface area contributed by atoms with Crippen molar-refractivity contribution in [1.29, 1.82) is 0 Å². The van der Waals surface area contributed by atoms with E-state index >= 15 is 0 Å². The number of para-hydroxylation sites is 1. The van der Waals surface area contributed by atoms with E-state index < -0.39 is 0 Å². The lowest BCUT2D eigenvalue weighted by Gasteiger charge is -2.12. The van der Waals surface area contributed by atoms with Crippen LogP contribution in [0.4, 0.5) is 0 Å². The van der Waals surface area contributed by atoms with E-state index in [1.807, 2.05) is 54.6 Å². The molecule has 0 atom stereocenters. The zero-order valence-corrected chi connectivity index (χ0v) is 24.1. The molecular formula is C39H22ClN3O.